The number of sulfonamides is 1. The Kier molecular flexibility index (Phi) is 7.77. The van der Waals surface area contributed by atoms with Gasteiger partial charge >= 0.3 is 6.09 Å². The number of nitrogens with zero attached hydrogens (tertiary/aromatic N) is 4. The fourth-order valence-electron chi connectivity index (χ4n) is 4.46. The van der Waals surface area contributed by atoms with Crippen molar-refractivity contribution in [2.75, 3.05) is 56.5 Å². The van der Waals surface area contributed by atoms with Crippen LogP contribution >= 0.6 is 0 Å². The molecule has 1 saturated carbocycles. The van der Waals surface area contributed by atoms with Gasteiger partial charge in [-0.25, -0.2) is 18.2 Å². The molecule has 35 heavy (non-hydrogen) atoms. The van der Waals surface area contributed by atoms with E-state index in [1.807, 2.05) is 32.9 Å². The van der Waals surface area contributed by atoms with E-state index in [2.05, 4.69) is 9.88 Å². The molecular formula is C24H38N4O6S. The molecular weight excluding hydrogens is 472 g/mol. The summed E-state index contributed by atoms with van der Waals surface area (Å²) in [4.78, 5) is 20.4. The van der Waals surface area contributed by atoms with Crippen molar-refractivity contribution in [2.45, 2.75) is 51.7 Å². The molecule has 196 valence electrons. The average Bonchev–Trinajstić information content (AvgIpc) is 3.54. The lowest BCUT2D eigenvalue weighted by Crippen LogP contribution is -2.49. The molecule has 0 radical (unpaired) electrons. The second kappa shape index (κ2) is 10.5. The van der Waals surface area contributed by atoms with Gasteiger partial charge in [0.05, 0.1) is 31.2 Å². The van der Waals surface area contributed by atoms with Gasteiger partial charge in [0.2, 0.25) is 10.0 Å². The molecule has 2 aliphatic heterocycles. The number of aliphatic hydroxyl groups excluding tert-OH is 1. The molecule has 3 fully saturated rings. The molecule has 1 amide bonds. The molecule has 11 heteroatoms. The number of likely N-dealkylation sites (tertiary alicyclic amines) is 1. The van der Waals surface area contributed by atoms with Crippen LogP contribution in [0, 0.1) is 11.8 Å². The number of ether oxygens (including phenoxy) is 2. The molecule has 2 saturated heterocycles. The number of piperidine rings is 1. The van der Waals surface area contributed by atoms with Crippen LogP contribution in [0.4, 0.5) is 10.6 Å². The summed E-state index contributed by atoms with van der Waals surface area (Å²) in [5.41, 5.74) is -0.319. The van der Waals surface area contributed by atoms with E-state index in [0.717, 1.165) is 18.7 Å². The van der Waals surface area contributed by atoms with Crippen molar-refractivity contribution < 1.29 is 27.8 Å². The van der Waals surface area contributed by atoms with Crippen molar-refractivity contribution in [2.24, 2.45) is 11.8 Å². The number of carbonyl (C=O) groups excluding carboxylic acids is 1. The van der Waals surface area contributed by atoms with Gasteiger partial charge in [-0.15, -0.1) is 0 Å². The molecule has 3 heterocycles. The Balaban J connectivity index is 1.21. The summed E-state index contributed by atoms with van der Waals surface area (Å²) < 4.78 is 37.9. The number of aromatic nitrogens is 1. The molecule has 0 unspecified atom stereocenters. The summed E-state index contributed by atoms with van der Waals surface area (Å²) in [6.07, 6.45) is 3.08. The second-order valence-corrected chi connectivity index (χ2v) is 12.6. The van der Waals surface area contributed by atoms with Crippen molar-refractivity contribution >= 4 is 21.9 Å². The minimum absolute atomic E-state index is 0.0731. The van der Waals surface area contributed by atoms with Crippen LogP contribution in [0.25, 0.3) is 0 Å². The molecule has 1 aliphatic carbocycles. The topological polar surface area (TPSA) is 113 Å². The lowest BCUT2D eigenvalue weighted by Gasteiger charge is -2.35. The van der Waals surface area contributed by atoms with Gasteiger partial charge in [0, 0.05) is 38.6 Å². The van der Waals surface area contributed by atoms with Crippen LogP contribution in [0.5, 0.6) is 5.75 Å². The van der Waals surface area contributed by atoms with Gasteiger partial charge in [0.15, 0.2) is 0 Å². The van der Waals surface area contributed by atoms with Gasteiger partial charge in [0.1, 0.15) is 17.2 Å². The van der Waals surface area contributed by atoms with E-state index in [1.54, 1.807) is 15.4 Å². The van der Waals surface area contributed by atoms with Crippen LogP contribution in [-0.4, -0.2) is 97.1 Å². The number of pyridine rings is 1. The Hall–Kier alpha value is -2.11. The fourth-order valence-corrected chi connectivity index (χ4v) is 6.24. The van der Waals surface area contributed by atoms with E-state index in [1.165, 1.54) is 0 Å². The minimum Gasteiger partial charge on any atom is -0.492 e. The summed E-state index contributed by atoms with van der Waals surface area (Å²) in [6, 6.07) is 3.72. The Morgan fingerprint density at radius 2 is 1.91 bits per heavy atom. The van der Waals surface area contributed by atoms with Crippen LogP contribution < -0.4 is 9.64 Å². The largest absolute Gasteiger partial charge is 0.492 e. The van der Waals surface area contributed by atoms with Gasteiger partial charge in [-0.3, -0.25) is 0 Å². The Morgan fingerprint density at radius 1 is 1.20 bits per heavy atom. The first-order chi connectivity index (χ1) is 16.5. The Labute approximate surface area is 208 Å². The number of aliphatic hydroxyl groups is 1. The number of β-amino-alcohol motifs (C(OH)–C–C–N with tert-alkyl or cyclic N) is 1. The summed E-state index contributed by atoms with van der Waals surface area (Å²) >= 11 is 0. The highest BCUT2D eigenvalue weighted by Gasteiger charge is 2.43. The first-order valence-corrected chi connectivity index (χ1v) is 14.1. The third kappa shape index (κ3) is 6.77. The van der Waals surface area contributed by atoms with E-state index in [-0.39, 0.29) is 35.8 Å². The Morgan fingerprint density at radius 3 is 2.49 bits per heavy atom. The Bertz CT molecular complexity index is 974. The van der Waals surface area contributed by atoms with Crippen LogP contribution in [0.3, 0.4) is 0 Å². The van der Waals surface area contributed by atoms with Crippen molar-refractivity contribution in [3.8, 4) is 5.75 Å². The van der Waals surface area contributed by atoms with Gasteiger partial charge in [-0.1, -0.05) is 13.8 Å². The zero-order chi connectivity index (χ0) is 25.2. The highest BCUT2D eigenvalue weighted by Crippen LogP contribution is 2.39. The number of amides is 1. The van der Waals surface area contributed by atoms with E-state index in [0.29, 0.717) is 51.5 Å². The maximum absolute atomic E-state index is 12.4. The summed E-state index contributed by atoms with van der Waals surface area (Å²) in [5.74, 6) is 1.61. The van der Waals surface area contributed by atoms with Crippen LogP contribution in [-0.2, 0) is 14.8 Å². The minimum atomic E-state index is -3.21. The SMILES string of the molecule is CC(C)CS(=O)(=O)N1CCN(c2ccc(OC[C@H]3CCN(C(=O)OC4(C)CC4)C[C@H]3O)cn2)CC1. The monoisotopic (exact) mass is 510 g/mol. The fraction of sp³-hybridized carbons (Fsp3) is 0.750. The second-order valence-electron chi connectivity index (χ2n) is 10.6. The highest BCUT2D eigenvalue weighted by atomic mass is 32.2. The normalized spacial score (nSPS) is 24.9. The molecule has 10 nitrogen and oxygen atoms in total. The smallest absolute Gasteiger partial charge is 0.410 e. The third-order valence-electron chi connectivity index (χ3n) is 6.95. The third-order valence-corrected chi connectivity index (χ3v) is 9.19. The summed E-state index contributed by atoms with van der Waals surface area (Å²) in [7, 11) is -3.21. The van der Waals surface area contributed by atoms with Gasteiger partial charge < -0.3 is 24.4 Å². The highest BCUT2D eigenvalue weighted by molar-refractivity contribution is 7.89. The predicted octanol–water partition coefficient (Wildman–Crippen LogP) is 1.94. The van der Waals surface area contributed by atoms with Crippen molar-refractivity contribution in [1.82, 2.24) is 14.2 Å². The number of anilines is 1. The number of piperazine rings is 1. The molecule has 1 N–H and O–H groups in total. The lowest BCUT2D eigenvalue weighted by atomic mass is 9.95. The molecule has 3 aliphatic rings. The quantitative estimate of drug-likeness (QED) is 0.565. The lowest BCUT2D eigenvalue weighted by molar-refractivity contribution is -0.00993. The molecule has 1 aromatic heterocycles. The number of carbonyl (C=O) groups is 1. The molecule has 0 spiro atoms. The molecule has 1 aromatic rings. The van der Waals surface area contributed by atoms with E-state index in [9.17, 15) is 18.3 Å². The van der Waals surface area contributed by atoms with Crippen LogP contribution in [0.2, 0.25) is 0 Å². The average molecular weight is 511 g/mol. The molecule has 0 bridgehead atoms. The predicted molar refractivity (Wildman–Crippen MR) is 132 cm³/mol. The molecule has 0 aromatic carbocycles. The molecule has 2 atom stereocenters. The van der Waals surface area contributed by atoms with Crippen LogP contribution in [0.1, 0.15) is 40.0 Å². The summed E-state index contributed by atoms with van der Waals surface area (Å²) in [6.45, 7) is 8.99. The van der Waals surface area contributed by atoms with E-state index >= 15 is 0 Å². The maximum Gasteiger partial charge on any atom is 0.410 e. The van der Waals surface area contributed by atoms with E-state index in [4.69, 9.17) is 9.47 Å². The maximum atomic E-state index is 12.4. The van der Waals surface area contributed by atoms with E-state index < -0.39 is 16.1 Å². The van der Waals surface area contributed by atoms with Crippen LogP contribution in [0.15, 0.2) is 18.3 Å². The first kappa shape index (κ1) is 26.0. The van der Waals surface area contributed by atoms with Gasteiger partial charge in [0.25, 0.3) is 0 Å². The van der Waals surface area contributed by atoms with Crippen molar-refractivity contribution in [3.05, 3.63) is 18.3 Å². The first-order valence-electron chi connectivity index (χ1n) is 12.5. The summed E-state index contributed by atoms with van der Waals surface area (Å²) in [5, 5.41) is 10.5. The van der Waals surface area contributed by atoms with Gasteiger partial charge in [-0.2, -0.15) is 4.31 Å². The number of rotatable bonds is 8. The zero-order valence-electron chi connectivity index (χ0n) is 20.9. The van der Waals surface area contributed by atoms with Gasteiger partial charge in [-0.05, 0) is 44.2 Å². The number of hydrogen-bond acceptors (Lipinski definition) is 8. The van der Waals surface area contributed by atoms with Crippen molar-refractivity contribution in [1.29, 1.82) is 0 Å². The van der Waals surface area contributed by atoms with Crippen molar-refractivity contribution in [3.63, 3.8) is 0 Å². The standard InChI is InChI=1S/C24H38N4O6S/c1-18(2)17-35(31,32)28-12-10-26(11-13-28)22-5-4-20(14-25-22)33-16-19-6-9-27(15-21(19)29)23(30)34-24(3)7-8-24/h4-5,14,18-19,21,29H,6-13,15-17H2,1-3H3/t19-,21-/m1/s1. The number of hydrogen-bond donors (Lipinski definition) is 1. The molecule has 4 rings (SSSR count). The zero-order valence-corrected chi connectivity index (χ0v) is 21.7.